The molecule has 4 aromatic carbocycles. The molecule has 292 valence electrons. The normalized spacial score (nSPS) is 11.4. The molecule has 56 heavy (non-hydrogen) atoms. The number of benzene rings is 4. The molecule has 0 saturated heterocycles. The molecule has 3 heterocycles. The van der Waals surface area contributed by atoms with Gasteiger partial charge in [0.05, 0.1) is 12.8 Å². The van der Waals surface area contributed by atoms with Crippen LogP contribution in [0.15, 0.2) is 91.1 Å². The number of aromatic nitrogens is 4. The van der Waals surface area contributed by atoms with Crippen LogP contribution in [-0.2, 0) is 40.3 Å². The maximum Gasteiger partial charge on any atom is 2.00 e. The smallest absolute Gasteiger partial charge is 0.522 e. The summed E-state index contributed by atoms with van der Waals surface area (Å²) in [6, 6.07) is 37.1. The summed E-state index contributed by atoms with van der Waals surface area (Å²) in [4.78, 5) is 4.82. The van der Waals surface area contributed by atoms with Crippen molar-refractivity contribution in [2.24, 2.45) is 0 Å². The van der Waals surface area contributed by atoms with E-state index in [0.717, 1.165) is 77.5 Å². The number of hydrogen-bond donors (Lipinski definition) is 0. The van der Waals surface area contributed by atoms with E-state index in [0.29, 0.717) is 23.2 Å². The Morgan fingerprint density at radius 2 is 1.52 bits per heavy atom. The average molecular weight is 926 g/mol. The van der Waals surface area contributed by atoms with Crippen LogP contribution < -0.4 is 9.47 Å². The van der Waals surface area contributed by atoms with Crippen molar-refractivity contribution in [3.63, 3.8) is 0 Å². The minimum absolute atomic E-state index is 0. The van der Waals surface area contributed by atoms with Crippen LogP contribution in [0, 0.1) is 12.1 Å². The van der Waals surface area contributed by atoms with E-state index < -0.39 is 0 Å². The minimum Gasteiger partial charge on any atom is -0.522 e. The fourth-order valence-corrected chi connectivity index (χ4v) is 7.70. The fourth-order valence-electron chi connectivity index (χ4n) is 7.70. The number of nitrogens with zero attached hydrogens (tertiary/aromatic N) is 4. The summed E-state index contributed by atoms with van der Waals surface area (Å²) in [7, 11) is 1.70. The summed E-state index contributed by atoms with van der Waals surface area (Å²) in [5.41, 5.74) is 10.2. The molecule has 0 amide bonds. The minimum atomic E-state index is 0. The standard InChI is InChI=1S/C49H54N4O2.Pt/c1-7-10-11-12-13-20-46-49(36-23-21-35(16-8-2)22-24-36)44(17-9-3)51-53(46)38-30-40(54-6)32-41(31-38)55-39-25-26-43-42-18-14-15-19-45(42)52(47(43)33-39)48-29-37(34(4)5)27-28-50-48;/h14-15,18-19,21-30,32,34H,7-13,16-17,20H2,1-6H3;/q-2;+2. The van der Waals surface area contributed by atoms with Gasteiger partial charge in [0.15, 0.2) is 0 Å². The van der Waals surface area contributed by atoms with E-state index in [4.69, 9.17) is 19.6 Å². The molecule has 6 nitrogen and oxygen atoms in total. The number of rotatable bonds is 17. The van der Waals surface area contributed by atoms with Crippen molar-refractivity contribution in [2.45, 2.75) is 105 Å². The molecular formula is C49H54N4O2Pt. The number of pyridine rings is 1. The summed E-state index contributed by atoms with van der Waals surface area (Å²) in [6.07, 6.45) is 13.0. The monoisotopic (exact) mass is 925 g/mol. The number of aryl methyl sites for hydroxylation is 2. The largest absolute Gasteiger partial charge is 2.00 e. The second-order valence-corrected chi connectivity index (χ2v) is 15.0. The van der Waals surface area contributed by atoms with Crippen LogP contribution >= 0.6 is 0 Å². The Hall–Kier alpha value is -4.67. The van der Waals surface area contributed by atoms with Gasteiger partial charge in [0.2, 0.25) is 0 Å². The molecule has 0 unspecified atom stereocenters. The first-order chi connectivity index (χ1) is 26.9. The van der Waals surface area contributed by atoms with Crippen molar-refractivity contribution in [3.05, 3.63) is 126 Å². The maximum atomic E-state index is 6.64. The molecule has 3 aromatic heterocycles. The van der Waals surface area contributed by atoms with Gasteiger partial charge in [-0.15, -0.1) is 29.7 Å². The zero-order valence-corrected chi connectivity index (χ0v) is 36.0. The SMILES string of the molecule is CCCCCCCc1c(-c2ccc(CCC)cc2)c(CCC)nn1-c1[c-]c(Oc2[c-]c3c(cc2)c2ccccc2n3-c2cc(C(C)C)ccn2)cc(OC)c1.[Pt+2]. The van der Waals surface area contributed by atoms with Crippen LogP contribution in [0.5, 0.6) is 17.2 Å². The van der Waals surface area contributed by atoms with Crippen molar-refractivity contribution >= 4 is 21.8 Å². The number of unbranched alkanes of at least 4 members (excludes halogenated alkanes) is 4. The molecule has 0 aliphatic heterocycles. The molecular weight excluding hydrogens is 872 g/mol. The van der Waals surface area contributed by atoms with Gasteiger partial charge in [0, 0.05) is 40.2 Å². The van der Waals surface area contributed by atoms with Gasteiger partial charge in [-0.3, -0.25) is 4.68 Å². The maximum absolute atomic E-state index is 6.64. The van der Waals surface area contributed by atoms with Crippen molar-refractivity contribution in [2.75, 3.05) is 7.11 Å². The van der Waals surface area contributed by atoms with E-state index in [2.05, 4.69) is 123 Å². The van der Waals surface area contributed by atoms with Crippen molar-refractivity contribution in [3.8, 4) is 39.9 Å². The summed E-state index contributed by atoms with van der Waals surface area (Å²) in [5, 5.41) is 7.57. The zero-order valence-electron chi connectivity index (χ0n) is 33.7. The predicted octanol–water partition coefficient (Wildman–Crippen LogP) is 13.0. The Kier molecular flexibility index (Phi) is 13.9. The zero-order chi connectivity index (χ0) is 38.3. The van der Waals surface area contributed by atoms with Crippen LogP contribution in [-0.4, -0.2) is 26.4 Å². The Morgan fingerprint density at radius 1 is 0.732 bits per heavy atom. The number of para-hydroxylation sites is 1. The van der Waals surface area contributed by atoms with Crippen molar-refractivity contribution in [1.82, 2.24) is 19.3 Å². The first-order valence-electron chi connectivity index (χ1n) is 20.3. The Labute approximate surface area is 347 Å². The van der Waals surface area contributed by atoms with Gasteiger partial charge >= 0.3 is 21.1 Å². The first kappa shape index (κ1) is 41.0. The summed E-state index contributed by atoms with van der Waals surface area (Å²) in [5.74, 6) is 3.05. The van der Waals surface area contributed by atoms with E-state index in [1.165, 1.54) is 53.6 Å². The Bertz CT molecular complexity index is 2370. The molecule has 0 saturated carbocycles. The second kappa shape index (κ2) is 19.0. The van der Waals surface area contributed by atoms with Gasteiger partial charge in [0.1, 0.15) is 5.82 Å². The second-order valence-electron chi connectivity index (χ2n) is 15.0. The molecule has 0 bridgehead atoms. The van der Waals surface area contributed by atoms with Crippen LogP contribution in [0.25, 0.3) is 44.4 Å². The van der Waals surface area contributed by atoms with Gasteiger partial charge in [-0.05, 0) is 77.6 Å². The van der Waals surface area contributed by atoms with Crippen LogP contribution in [0.4, 0.5) is 0 Å². The number of methoxy groups -OCH3 is 1. The number of hydrogen-bond acceptors (Lipinski definition) is 4. The molecule has 7 aromatic rings. The van der Waals surface area contributed by atoms with E-state index in [9.17, 15) is 0 Å². The first-order valence-corrected chi connectivity index (χ1v) is 20.3. The third kappa shape index (κ3) is 8.81. The van der Waals surface area contributed by atoms with Crippen LogP contribution in [0.1, 0.15) is 108 Å². The van der Waals surface area contributed by atoms with Crippen LogP contribution in [0.3, 0.4) is 0 Å². The number of fused-ring (bicyclic) bond motifs is 3. The third-order valence-electron chi connectivity index (χ3n) is 10.5. The molecule has 0 fully saturated rings. The molecule has 0 spiro atoms. The summed E-state index contributed by atoms with van der Waals surface area (Å²) < 4.78 is 16.8. The molecule has 0 aliphatic carbocycles. The van der Waals surface area contributed by atoms with Gasteiger partial charge in [-0.2, -0.15) is 11.2 Å². The quantitative estimate of drug-likeness (QED) is 0.0674. The van der Waals surface area contributed by atoms with Gasteiger partial charge in [-0.25, -0.2) is 4.98 Å². The van der Waals surface area contributed by atoms with Gasteiger partial charge in [-0.1, -0.05) is 127 Å². The molecule has 0 aliphatic rings. The third-order valence-corrected chi connectivity index (χ3v) is 10.5. The van der Waals surface area contributed by atoms with Gasteiger partial charge in [0.25, 0.3) is 0 Å². The summed E-state index contributed by atoms with van der Waals surface area (Å²) in [6.45, 7) is 11.1. The molecule has 7 heteroatoms. The average Bonchev–Trinajstić information content (AvgIpc) is 3.73. The molecule has 0 N–H and O–H groups in total. The Balaban J connectivity index is 0.00000532. The van der Waals surface area contributed by atoms with Crippen LogP contribution in [0.2, 0.25) is 0 Å². The Morgan fingerprint density at radius 3 is 2.27 bits per heavy atom. The fraction of sp³-hybridized carbons (Fsp3) is 0.347. The molecule has 7 rings (SSSR count). The predicted molar refractivity (Wildman–Crippen MR) is 226 cm³/mol. The molecule has 0 atom stereocenters. The van der Waals surface area contributed by atoms with Gasteiger partial charge < -0.3 is 14.0 Å². The van der Waals surface area contributed by atoms with Crippen molar-refractivity contribution in [1.29, 1.82) is 0 Å². The topological polar surface area (TPSA) is 54.1 Å². The molecule has 0 radical (unpaired) electrons. The summed E-state index contributed by atoms with van der Waals surface area (Å²) >= 11 is 0. The van der Waals surface area contributed by atoms with E-state index in [1.807, 2.05) is 24.4 Å². The van der Waals surface area contributed by atoms with E-state index >= 15 is 0 Å². The number of ether oxygens (including phenoxy) is 2. The van der Waals surface area contributed by atoms with E-state index in [1.54, 1.807) is 7.11 Å². The van der Waals surface area contributed by atoms with E-state index in [-0.39, 0.29) is 21.1 Å². The van der Waals surface area contributed by atoms with Crippen molar-refractivity contribution < 1.29 is 30.5 Å².